The van der Waals surface area contributed by atoms with Gasteiger partial charge in [0.1, 0.15) is 15.7 Å². The molecule has 1 N–H and O–H groups in total. The highest BCUT2D eigenvalue weighted by Gasteiger charge is 2.17. The maximum Gasteiger partial charge on any atom is 0.240 e. The van der Waals surface area contributed by atoms with Crippen LogP contribution in [0.4, 0.5) is 5.95 Å². The van der Waals surface area contributed by atoms with E-state index in [1.807, 2.05) is 21.8 Å². The summed E-state index contributed by atoms with van der Waals surface area (Å²) in [4.78, 5) is 30.6. The molecular formula is C20H26B4N6O. The molecule has 7 nitrogen and oxygen atoms in total. The van der Waals surface area contributed by atoms with Gasteiger partial charge in [-0.2, -0.15) is 0 Å². The zero-order valence-corrected chi connectivity index (χ0v) is 19.0. The van der Waals surface area contributed by atoms with E-state index in [4.69, 9.17) is 4.98 Å². The Labute approximate surface area is 186 Å². The third kappa shape index (κ3) is 4.67. The number of hydrogen-bond acceptors (Lipinski definition) is 6. The van der Waals surface area contributed by atoms with E-state index >= 15 is 0 Å². The molecule has 2 aromatic heterocycles. The van der Waals surface area contributed by atoms with Crippen molar-refractivity contribution in [3.05, 3.63) is 24.4 Å². The Balaban J connectivity index is 1.57. The second-order valence-electron chi connectivity index (χ2n) is 8.50. The number of amides is 1. The molecule has 1 aliphatic heterocycles. The van der Waals surface area contributed by atoms with Crippen molar-refractivity contribution in [2.45, 2.75) is 0 Å². The van der Waals surface area contributed by atoms with E-state index in [-0.39, 0.29) is 5.91 Å². The van der Waals surface area contributed by atoms with Gasteiger partial charge in [0.25, 0.3) is 0 Å². The summed E-state index contributed by atoms with van der Waals surface area (Å²) >= 11 is 0. The number of pyridine rings is 1. The first-order chi connectivity index (χ1) is 14.8. The monoisotopic (exact) mass is 410 g/mol. The molecule has 3 aromatic rings. The van der Waals surface area contributed by atoms with Crippen LogP contribution in [0.15, 0.2) is 24.4 Å². The highest BCUT2D eigenvalue weighted by molar-refractivity contribution is 6.59. The van der Waals surface area contributed by atoms with Crippen LogP contribution in [-0.4, -0.2) is 102 Å². The number of piperazine rings is 1. The maximum atomic E-state index is 12.5. The standard InChI is InChI=1S/C20H26B4N6O/c1-29-4-6-30(7-5-29)10-14(31)27-20-25-9-12-3-2-11(8-13(12)26-20)15-16(21)17(22)19(24)28-18(15)23/h2-3,8-9H,4-7,10,21-24H2,1H3,(H,25,26,27,31). The lowest BCUT2D eigenvalue weighted by molar-refractivity contribution is -0.117. The lowest BCUT2D eigenvalue weighted by Gasteiger charge is -2.31. The second-order valence-corrected chi connectivity index (χ2v) is 8.50. The molecule has 0 aliphatic carbocycles. The fourth-order valence-corrected chi connectivity index (χ4v) is 4.16. The van der Waals surface area contributed by atoms with Crippen LogP contribution < -0.4 is 27.4 Å². The fourth-order valence-electron chi connectivity index (χ4n) is 4.16. The van der Waals surface area contributed by atoms with Gasteiger partial charge in [-0.25, -0.2) is 9.97 Å². The largest absolute Gasteiger partial charge is 0.304 e. The summed E-state index contributed by atoms with van der Waals surface area (Å²) in [6.45, 7) is 4.12. The summed E-state index contributed by atoms with van der Waals surface area (Å²) in [5.41, 5.74) is 7.54. The Morgan fingerprint density at radius 1 is 1.03 bits per heavy atom. The van der Waals surface area contributed by atoms with Crippen LogP contribution in [0.5, 0.6) is 0 Å². The first kappa shape index (κ1) is 21.6. The van der Waals surface area contributed by atoms with E-state index < -0.39 is 0 Å². The van der Waals surface area contributed by atoms with E-state index in [2.05, 4.69) is 60.0 Å². The molecule has 1 amide bonds. The number of rotatable bonds is 4. The Bertz CT molecular complexity index is 1150. The van der Waals surface area contributed by atoms with Crippen LogP contribution in [-0.2, 0) is 4.79 Å². The van der Waals surface area contributed by atoms with Crippen molar-refractivity contribution >= 4 is 76.3 Å². The number of likely N-dealkylation sites (N-methyl/N-ethyl adjacent to an activating group) is 1. The number of hydrogen-bond donors (Lipinski definition) is 1. The van der Waals surface area contributed by atoms with Crippen LogP contribution in [0.3, 0.4) is 0 Å². The molecule has 31 heavy (non-hydrogen) atoms. The van der Waals surface area contributed by atoms with Gasteiger partial charge < -0.3 is 4.90 Å². The van der Waals surface area contributed by atoms with Crippen molar-refractivity contribution in [2.24, 2.45) is 0 Å². The molecule has 154 valence electrons. The minimum absolute atomic E-state index is 0.0786. The van der Waals surface area contributed by atoms with E-state index in [1.54, 1.807) is 6.20 Å². The third-order valence-electron chi connectivity index (χ3n) is 6.26. The van der Waals surface area contributed by atoms with Crippen LogP contribution in [0.25, 0.3) is 22.0 Å². The number of carbonyl (C=O) groups is 1. The molecule has 11 heteroatoms. The van der Waals surface area contributed by atoms with Crippen molar-refractivity contribution in [1.29, 1.82) is 0 Å². The number of fused-ring (bicyclic) bond motifs is 1. The number of aromatic nitrogens is 3. The molecule has 0 bridgehead atoms. The molecule has 0 atom stereocenters. The predicted molar refractivity (Wildman–Crippen MR) is 138 cm³/mol. The average molecular weight is 410 g/mol. The smallest absolute Gasteiger partial charge is 0.240 e. The van der Waals surface area contributed by atoms with Gasteiger partial charge in [-0.1, -0.05) is 23.1 Å². The molecule has 4 rings (SSSR count). The first-order valence-electron chi connectivity index (χ1n) is 10.7. The van der Waals surface area contributed by atoms with Gasteiger partial charge in [0.15, 0.2) is 15.7 Å². The van der Waals surface area contributed by atoms with Crippen molar-refractivity contribution < 1.29 is 4.79 Å². The Kier molecular flexibility index (Phi) is 6.16. The van der Waals surface area contributed by atoms with Crippen molar-refractivity contribution in [1.82, 2.24) is 24.8 Å². The summed E-state index contributed by atoms with van der Waals surface area (Å²) in [5.74, 6) is 0.264. The molecule has 0 unspecified atom stereocenters. The number of nitrogens with one attached hydrogen (secondary N) is 1. The van der Waals surface area contributed by atoms with Crippen molar-refractivity contribution in [3.8, 4) is 11.1 Å². The van der Waals surface area contributed by atoms with Crippen molar-refractivity contribution in [2.75, 3.05) is 45.1 Å². The van der Waals surface area contributed by atoms with Crippen LogP contribution >= 0.6 is 0 Å². The zero-order chi connectivity index (χ0) is 22.1. The minimum Gasteiger partial charge on any atom is -0.304 e. The lowest BCUT2D eigenvalue weighted by Crippen LogP contribution is -2.47. The van der Waals surface area contributed by atoms with E-state index in [0.717, 1.165) is 59.4 Å². The van der Waals surface area contributed by atoms with Crippen LogP contribution in [0.2, 0.25) is 0 Å². The van der Waals surface area contributed by atoms with Crippen LogP contribution in [0, 0.1) is 0 Å². The molecule has 0 radical (unpaired) electrons. The van der Waals surface area contributed by atoms with Gasteiger partial charge >= 0.3 is 0 Å². The number of nitrogens with zero attached hydrogens (tertiary/aromatic N) is 5. The Hall–Kier alpha value is -2.64. The molecule has 1 aliphatic rings. The maximum absolute atomic E-state index is 12.5. The van der Waals surface area contributed by atoms with Gasteiger partial charge in [-0.15, -0.1) is 0 Å². The molecule has 1 fully saturated rings. The summed E-state index contributed by atoms with van der Waals surface area (Å²) < 4.78 is 0. The van der Waals surface area contributed by atoms with E-state index in [9.17, 15) is 4.79 Å². The Morgan fingerprint density at radius 3 is 2.52 bits per heavy atom. The fraction of sp³-hybridized carbons (Fsp3) is 0.300. The van der Waals surface area contributed by atoms with Gasteiger partial charge in [-0.3, -0.25) is 20.0 Å². The molecule has 0 spiro atoms. The number of benzene rings is 1. The topological polar surface area (TPSA) is 74.2 Å². The number of carbonyl (C=O) groups excluding carboxylic acids is 1. The van der Waals surface area contributed by atoms with E-state index in [0.29, 0.717) is 12.5 Å². The second kappa shape index (κ2) is 8.85. The average Bonchev–Trinajstić information content (AvgIpc) is 2.73. The first-order valence-corrected chi connectivity index (χ1v) is 10.7. The summed E-state index contributed by atoms with van der Waals surface area (Å²) in [6, 6.07) is 6.16. The normalized spacial score (nSPS) is 15.3. The quantitative estimate of drug-likeness (QED) is 0.435. The van der Waals surface area contributed by atoms with Gasteiger partial charge in [0.05, 0.1) is 12.1 Å². The molecule has 1 saturated heterocycles. The SMILES string of the molecule is Bc1nc(B)c(-c2ccc3cnc(NC(=O)CN4CCN(C)CC4)nc3c2)c(B)c1B. The summed E-state index contributed by atoms with van der Waals surface area (Å²) in [5, 5.41) is 3.80. The van der Waals surface area contributed by atoms with Gasteiger partial charge in [-0.05, 0) is 29.8 Å². The number of anilines is 1. The molecular weight excluding hydrogens is 384 g/mol. The highest BCUT2D eigenvalue weighted by Crippen LogP contribution is 2.21. The van der Waals surface area contributed by atoms with Gasteiger partial charge in [0, 0.05) is 43.4 Å². The van der Waals surface area contributed by atoms with E-state index in [1.165, 1.54) is 10.9 Å². The predicted octanol–water partition coefficient (Wildman–Crippen LogP) is -5.09. The van der Waals surface area contributed by atoms with Crippen LogP contribution in [0.1, 0.15) is 0 Å². The molecule has 3 heterocycles. The summed E-state index contributed by atoms with van der Waals surface area (Å²) in [6.07, 6.45) is 1.76. The lowest BCUT2D eigenvalue weighted by atomic mass is 9.70. The van der Waals surface area contributed by atoms with Crippen molar-refractivity contribution in [3.63, 3.8) is 0 Å². The Morgan fingerprint density at radius 2 is 1.77 bits per heavy atom. The molecule has 0 saturated carbocycles. The van der Waals surface area contributed by atoms with Gasteiger partial charge in [0.2, 0.25) is 11.9 Å². The minimum atomic E-state index is -0.0786. The zero-order valence-electron chi connectivity index (χ0n) is 19.0. The summed E-state index contributed by atoms with van der Waals surface area (Å²) in [7, 11) is 10.4. The highest BCUT2D eigenvalue weighted by atomic mass is 16.2. The molecule has 1 aromatic carbocycles. The third-order valence-corrected chi connectivity index (χ3v) is 6.26.